The molecule has 0 saturated heterocycles. The van der Waals surface area contributed by atoms with Crippen LogP contribution in [0.5, 0.6) is 0 Å². The molecule has 108 valence electrons. The Bertz CT molecular complexity index is 529. The summed E-state index contributed by atoms with van der Waals surface area (Å²) in [6, 6.07) is 4.07. The van der Waals surface area contributed by atoms with E-state index in [0.717, 1.165) is 0 Å². The number of carbonyl (C=O) groups excluding carboxylic acids is 2. The number of halogens is 1. The Morgan fingerprint density at radius 3 is 2.55 bits per heavy atom. The van der Waals surface area contributed by atoms with Crippen LogP contribution in [0, 0.1) is 0 Å². The molecule has 0 heterocycles. The molecule has 2 N–H and O–H groups in total. The zero-order chi connectivity index (χ0) is 15.1. The third-order valence-corrected chi connectivity index (χ3v) is 2.66. The van der Waals surface area contributed by atoms with Crippen molar-refractivity contribution in [3.63, 3.8) is 0 Å². The summed E-state index contributed by atoms with van der Waals surface area (Å²) in [5, 5.41) is 11.4. The van der Waals surface area contributed by atoms with E-state index in [1.807, 2.05) is 0 Å². The molecule has 6 nitrogen and oxygen atoms in total. The van der Waals surface area contributed by atoms with Gasteiger partial charge in [-0.15, -0.1) is 0 Å². The first-order chi connectivity index (χ1) is 9.43. The van der Waals surface area contributed by atoms with Gasteiger partial charge < -0.3 is 15.2 Å². The molecular weight excluding hydrogens is 286 g/mol. The number of benzene rings is 1. The monoisotopic (exact) mass is 299 g/mol. The van der Waals surface area contributed by atoms with Gasteiger partial charge in [-0.05, 0) is 25.1 Å². The number of carboxylic acids is 1. The lowest BCUT2D eigenvalue weighted by Gasteiger charge is -2.07. The lowest BCUT2D eigenvalue weighted by Crippen LogP contribution is -2.14. The second-order valence-corrected chi connectivity index (χ2v) is 4.26. The maximum Gasteiger partial charge on any atom is 0.337 e. The van der Waals surface area contributed by atoms with Crippen molar-refractivity contribution in [1.29, 1.82) is 0 Å². The smallest absolute Gasteiger partial charge is 0.337 e. The lowest BCUT2D eigenvalue weighted by atomic mass is 10.2. The van der Waals surface area contributed by atoms with Crippen molar-refractivity contribution in [2.75, 3.05) is 11.9 Å². The third-order valence-electron chi connectivity index (χ3n) is 2.34. The average Bonchev–Trinajstić information content (AvgIpc) is 2.36. The number of carboxylic acid groups (broad SMARTS) is 1. The Balaban J connectivity index is 2.56. The fourth-order valence-electron chi connectivity index (χ4n) is 1.44. The van der Waals surface area contributed by atoms with E-state index in [0.29, 0.717) is 5.69 Å². The predicted molar refractivity (Wildman–Crippen MR) is 72.9 cm³/mol. The van der Waals surface area contributed by atoms with Gasteiger partial charge in [-0.2, -0.15) is 0 Å². The Morgan fingerprint density at radius 1 is 1.30 bits per heavy atom. The van der Waals surface area contributed by atoms with Crippen LogP contribution in [-0.4, -0.2) is 29.6 Å². The Morgan fingerprint density at radius 2 is 2.00 bits per heavy atom. The van der Waals surface area contributed by atoms with Crippen LogP contribution in [0.2, 0.25) is 5.02 Å². The molecule has 0 aliphatic heterocycles. The van der Waals surface area contributed by atoms with Gasteiger partial charge >= 0.3 is 11.9 Å². The van der Waals surface area contributed by atoms with Gasteiger partial charge in [0.15, 0.2) is 0 Å². The molecule has 0 aliphatic carbocycles. The SMILES string of the molecule is CCOC(=O)CCC(=O)Nc1ccc(C(=O)O)c(Cl)c1. The van der Waals surface area contributed by atoms with Gasteiger partial charge in [-0.1, -0.05) is 11.6 Å². The summed E-state index contributed by atoms with van der Waals surface area (Å²) in [6.07, 6.45) is -0.0300. The molecule has 20 heavy (non-hydrogen) atoms. The summed E-state index contributed by atoms with van der Waals surface area (Å²) in [7, 11) is 0. The minimum atomic E-state index is -1.14. The molecule has 1 amide bonds. The molecule has 7 heteroatoms. The summed E-state index contributed by atoms with van der Waals surface area (Å²) < 4.78 is 4.70. The third kappa shape index (κ3) is 4.89. The molecule has 0 fully saturated rings. The van der Waals surface area contributed by atoms with E-state index in [1.165, 1.54) is 18.2 Å². The molecule has 1 aromatic carbocycles. The number of hydrogen-bond donors (Lipinski definition) is 2. The summed E-state index contributed by atoms with van der Waals surface area (Å²) in [5.74, 6) is -1.96. The highest BCUT2D eigenvalue weighted by atomic mass is 35.5. The van der Waals surface area contributed by atoms with Gasteiger partial charge in [0.05, 0.1) is 23.6 Å². The van der Waals surface area contributed by atoms with E-state index in [2.05, 4.69) is 5.32 Å². The number of amides is 1. The number of rotatable bonds is 6. The van der Waals surface area contributed by atoms with E-state index in [1.54, 1.807) is 6.92 Å². The van der Waals surface area contributed by atoms with Gasteiger partial charge in [-0.25, -0.2) is 4.79 Å². The fraction of sp³-hybridized carbons (Fsp3) is 0.308. The van der Waals surface area contributed by atoms with Crippen LogP contribution in [0.15, 0.2) is 18.2 Å². The van der Waals surface area contributed by atoms with Gasteiger partial charge in [-0.3, -0.25) is 9.59 Å². The summed E-state index contributed by atoms with van der Waals surface area (Å²) in [4.78, 5) is 33.4. The van der Waals surface area contributed by atoms with Crippen LogP contribution < -0.4 is 5.32 Å². The van der Waals surface area contributed by atoms with Gasteiger partial charge in [0, 0.05) is 12.1 Å². The summed E-state index contributed by atoms with van der Waals surface area (Å²) in [5.41, 5.74) is 0.324. The van der Waals surface area contributed by atoms with Crippen LogP contribution in [0.4, 0.5) is 5.69 Å². The first kappa shape index (κ1) is 16.0. The highest BCUT2D eigenvalue weighted by molar-refractivity contribution is 6.33. The van der Waals surface area contributed by atoms with Crippen molar-refractivity contribution in [2.24, 2.45) is 0 Å². The quantitative estimate of drug-likeness (QED) is 0.786. The van der Waals surface area contributed by atoms with Crippen LogP contribution >= 0.6 is 11.6 Å². The number of ether oxygens (including phenoxy) is 1. The maximum atomic E-state index is 11.6. The molecule has 1 rings (SSSR count). The van der Waals surface area contributed by atoms with Crippen molar-refractivity contribution >= 4 is 35.1 Å². The molecular formula is C13H14ClNO5. The number of esters is 1. The van der Waals surface area contributed by atoms with Crippen molar-refractivity contribution in [3.8, 4) is 0 Å². The van der Waals surface area contributed by atoms with Crippen LogP contribution in [0.3, 0.4) is 0 Å². The van der Waals surface area contributed by atoms with Crippen LogP contribution in [0.1, 0.15) is 30.1 Å². The molecule has 1 aromatic rings. The van der Waals surface area contributed by atoms with E-state index in [4.69, 9.17) is 21.4 Å². The second kappa shape index (κ2) is 7.49. The molecule has 0 saturated carbocycles. The molecule has 0 aliphatic rings. The van der Waals surface area contributed by atoms with Crippen molar-refractivity contribution in [2.45, 2.75) is 19.8 Å². The zero-order valence-electron chi connectivity index (χ0n) is 10.8. The highest BCUT2D eigenvalue weighted by Gasteiger charge is 2.11. The van der Waals surface area contributed by atoms with E-state index in [9.17, 15) is 14.4 Å². The van der Waals surface area contributed by atoms with Crippen molar-refractivity contribution in [3.05, 3.63) is 28.8 Å². The molecule has 0 atom stereocenters. The Labute approximate surface area is 120 Å². The lowest BCUT2D eigenvalue weighted by molar-refractivity contribution is -0.144. The Kier molecular flexibility index (Phi) is 5.99. The number of aromatic carboxylic acids is 1. The van der Waals surface area contributed by atoms with Gasteiger partial charge in [0.2, 0.25) is 5.91 Å². The van der Waals surface area contributed by atoms with Gasteiger partial charge in [0.25, 0.3) is 0 Å². The summed E-state index contributed by atoms with van der Waals surface area (Å²) >= 11 is 5.77. The van der Waals surface area contributed by atoms with Crippen molar-refractivity contribution < 1.29 is 24.2 Å². The normalized spacial score (nSPS) is 9.90. The number of carbonyl (C=O) groups is 3. The molecule has 0 aromatic heterocycles. The van der Waals surface area contributed by atoms with E-state index < -0.39 is 11.9 Å². The predicted octanol–water partition coefficient (Wildman–Crippen LogP) is 2.32. The first-order valence-corrected chi connectivity index (χ1v) is 6.30. The molecule has 0 spiro atoms. The standard InChI is InChI=1S/C13H14ClNO5/c1-2-20-12(17)6-5-11(16)15-8-3-4-9(13(18)19)10(14)7-8/h3-4,7H,2,5-6H2,1H3,(H,15,16)(H,18,19). The largest absolute Gasteiger partial charge is 0.478 e. The minimum absolute atomic E-state index is 0.0133. The molecule has 0 unspecified atom stereocenters. The summed E-state index contributed by atoms with van der Waals surface area (Å²) in [6.45, 7) is 1.96. The highest BCUT2D eigenvalue weighted by Crippen LogP contribution is 2.21. The van der Waals surface area contributed by atoms with Crippen LogP contribution in [-0.2, 0) is 14.3 Å². The molecule has 0 radical (unpaired) electrons. The molecule has 0 bridgehead atoms. The number of nitrogens with one attached hydrogen (secondary N) is 1. The van der Waals surface area contributed by atoms with Crippen molar-refractivity contribution in [1.82, 2.24) is 0 Å². The fourth-order valence-corrected chi connectivity index (χ4v) is 1.70. The first-order valence-electron chi connectivity index (χ1n) is 5.92. The Hall–Kier alpha value is -2.08. The number of hydrogen-bond acceptors (Lipinski definition) is 4. The van der Waals surface area contributed by atoms with E-state index in [-0.39, 0.29) is 35.9 Å². The van der Waals surface area contributed by atoms with Gasteiger partial charge in [0.1, 0.15) is 0 Å². The van der Waals surface area contributed by atoms with E-state index >= 15 is 0 Å². The topological polar surface area (TPSA) is 92.7 Å². The minimum Gasteiger partial charge on any atom is -0.478 e. The maximum absolute atomic E-state index is 11.6. The second-order valence-electron chi connectivity index (χ2n) is 3.85. The van der Waals surface area contributed by atoms with Crippen LogP contribution in [0.25, 0.3) is 0 Å². The number of anilines is 1. The zero-order valence-corrected chi connectivity index (χ0v) is 11.6. The average molecular weight is 300 g/mol.